The maximum atomic E-state index is 13.5. The molecule has 1 atom stereocenters. The zero-order valence-electron chi connectivity index (χ0n) is 13.7. The Hall–Kier alpha value is -2.66. The van der Waals surface area contributed by atoms with Crippen LogP contribution in [0.3, 0.4) is 0 Å². The number of nitrogens with one attached hydrogen (secondary N) is 1. The van der Waals surface area contributed by atoms with Gasteiger partial charge in [0.15, 0.2) is 0 Å². The van der Waals surface area contributed by atoms with Crippen LogP contribution in [0.1, 0.15) is 25.5 Å². The van der Waals surface area contributed by atoms with Crippen molar-refractivity contribution in [2.75, 3.05) is 0 Å². The van der Waals surface area contributed by atoms with Gasteiger partial charge in [0.05, 0.1) is 11.6 Å². The number of tetrazole rings is 1. The standard InChI is InChI=1S/C16H17ClFN5O2/c1-4-14(11-5-6-12(17)13(18)7-11)19-15(24)9-23-16(25)22(20-21-23)8-10(2)3/h1,5-7,10,14H,8-9H2,2-3H3,(H,19,24)/t14-/m0/s1. The molecule has 1 heterocycles. The topological polar surface area (TPSA) is 81.8 Å². The first-order chi connectivity index (χ1) is 11.8. The van der Waals surface area contributed by atoms with Crippen LogP contribution in [0.5, 0.6) is 0 Å². The van der Waals surface area contributed by atoms with Crippen LogP contribution in [0.15, 0.2) is 23.0 Å². The summed E-state index contributed by atoms with van der Waals surface area (Å²) in [6, 6.07) is 3.16. The number of nitrogens with zero attached hydrogens (tertiary/aromatic N) is 4. The molecule has 7 nitrogen and oxygen atoms in total. The molecule has 1 N–H and O–H groups in total. The number of hydrogen-bond donors (Lipinski definition) is 1. The summed E-state index contributed by atoms with van der Waals surface area (Å²) < 4.78 is 15.7. The number of carbonyl (C=O) groups is 1. The van der Waals surface area contributed by atoms with Crippen LogP contribution in [0.4, 0.5) is 4.39 Å². The smallest absolute Gasteiger partial charge is 0.337 e. The molecule has 1 aromatic heterocycles. The van der Waals surface area contributed by atoms with E-state index >= 15 is 0 Å². The van der Waals surface area contributed by atoms with E-state index in [2.05, 4.69) is 21.7 Å². The summed E-state index contributed by atoms with van der Waals surface area (Å²) in [6.45, 7) is 3.92. The molecule has 132 valence electrons. The second-order valence-corrected chi connectivity index (χ2v) is 6.24. The Morgan fingerprint density at radius 2 is 2.08 bits per heavy atom. The van der Waals surface area contributed by atoms with Crippen LogP contribution in [-0.4, -0.2) is 25.7 Å². The van der Waals surface area contributed by atoms with E-state index in [0.717, 1.165) is 10.7 Å². The van der Waals surface area contributed by atoms with E-state index < -0.39 is 23.5 Å². The highest BCUT2D eigenvalue weighted by Crippen LogP contribution is 2.20. The Kier molecular flexibility index (Phi) is 5.93. The second-order valence-electron chi connectivity index (χ2n) is 5.84. The highest BCUT2D eigenvalue weighted by molar-refractivity contribution is 6.30. The maximum Gasteiger partial charge on any atom is 0.364 e. The Balaban J connectivity index is 2.08. The van der Waals surface area contributed by atoms with Crippen molar-refractivity contribution < 1.29 is 9.18 Å². The molecule has 0 radical (unpaired) electrons. The third-order valence-electron chi connectivity index (χ3n) is 3.28. The van der Waals surface area contributed by atoms with Crippen molar-refractivity contribution in [3.8, 4) is 12.3 Å². The minimum absolute atomic E-state index is 0.0424. The van der Waals surface area contributed by atoms with Crippen LogP contribution < -0.4 is 11.0 Å². The van der Waals surface area contributed by atoms with Crippen LogP contribution in [0.2, 0.25) is 5.02 Å². The summed E-state index contributed by atoms with van der Waals surface area (Å²) in [6.07, 6.45) is 5.40. The van der Waals surface area contributed by atoms with E-state index in [1.807, 2.05) is 13.8 Å². The highest BCUT2D eigenvalue weighted by Gasteiger charge is 2.16. The number of rotatable bonds is 6. The van der Waals surface area contributed by atoms with Crippen LogP contribution in [0.25, 0.3) is 0 Å². The highest BCUT2D eigenvalue weighted by atomic mass is 35.5. The van der Waals surface area contributed by atoms with Gasteiger partial charge in [-0.2, -0.15) is 9.36 Å². The molecule has 0 aliphatic carbocycles. The normalized spacial score (nSPS) is 12.0. The molecular weight excluding hydrogens is 349 g/mol. The predicted octanol–water partition coefficient (Wildman–Crippen LogP) is 1.38. The first-order valence-electron chi connectivity index (χ1n) is 7.53. The fourth-order valence-electron chi connectivity index (χ4n) is 2.12. The zero-order valence-corrected chi connectivity index (χ0v) is 14.5. The number of aromatic nitrogens is 4. The van der Waals surface area contributed by atoms with Gasteiger partial charge in [-0.15, -0.1) is 6.42 Å². The van der Waals surface area contributed by atoms with Gasteiger partial charge in [-0.05, 0) is 34.0 Å². The molecule has 9 heteroatoms. The molecule has 0 bridgehead atoms. The van der Waals surface area contributed by atoms with Gasteiger partial charge in [0.2, 0.25) is 5.91 Å². The van der Waals surface area contributed by atoms with Gasteiger partial charge in [-0.25, -0.2) is 9.18 Å². The largest absolute Gasteiger partial charge is 0.364 e. The van der Waals surface area contributed by atoms with Crippen molar-refractivity contribution in [3.05, 3.63) is 45.1 Å². The molecule has 2 aromatic rings. The third kappa shape index (κ3) is 4.67. The lowest BCUT2D eigenvalue weighted by Crippen LogP contribution is -2.35. The van der Waals surface area contributed by atoms with Gasteiger partial charge >= 0.3 is 5.69 Å². The van der Waals surface area contributed by atoms with Crippen LogP contribution in [0, 0.1) is 24.1 Å². The monoisotopic (exact) mass is 365 g/mol. The quantitative estimate of drug-likeness (QED) is 0.784. The van der Waals surface area contributed by atoms with E-state index in [0.29, 0.717) is 12.1 Å². The fourth-order valence-corrected chi connectivity index (χ4v) is 2.24. The van der Waals surface area contributed by atoms with E-state index in [9.17, 15) is 14.0 Å². The summed E-state index contributed by atoms with van der Waals surface area (Å²) in [5.41, 5.74) is -0.118. The minimum atomic E-state index is -0.860. The lowest BCUT2D eigenvalue weighted by Gasteiger charge is -2.13. The van der Waals surface area contributed by atoms with Crippen molar-refractivity contribution >= 4 is 17.5 Å². The number of halogens is 2. The van der Waals surface area contributed by atoms with Crippen molar-refractivity contribution in [1.29, 1.82) is 0 Å². The second kappa shape index (κ2) is 7.94. The summed E-state index contributed by atoms with van der Waals surface area (Å²) >= 11 is 5.63. The van der Waals surface area contributed by atoms with Gasteiger partial charge < -0.3 is 5.32 Å². The molecule has 25 heavy (non-hydrogen) atoms. The average Bonchev–Trinajstić information content (AvgIpc) is 2.88. The van der Waals surface area contributed by atoms with Crippen molar-refractivity contribution in [2.45, 2.75) is 33.0 Å². The average molecular weight is 366 g/mol. The lowest BCUT2D eigenvalue weighted by atomic mass is 10.1. The lowest BCUT2D eigenvalue weighted by molar-refractivity contribution is -0.122. The van der Waals surface area contributed by atoms with Gasteiger partial charge in [-0.3, -0.25) is 4.79 Å². The Morgan fingerprint density at radius 1 is 1.40 bits per heavy atom. The zero-order chi connectivity index (χ0) is 18.6. The van der Waals surface area contributed by atoms with Gasteiger partial charge in [-0.1, -0.05) is 37.4 Å². The number of benzene rings is 1. The molecule has 0 spiro atoms. The molecule has 1 amide bonds. The molecule has 0 aliphatic rings. The van der Waals surface area contributed by atoms with E-state index in [4.69, 9.17) is 18.0 Å². The summed E-state index contributed by atoms with van der Waals surface area (Å²) in [5, 5.41) is 9.88. The Labute approximate surface area is 148 Å². The maximum absolute atomic E-state index is 13.5. The van der Waals surface area contributed by atoms with E-state index in [1.54, 1.807) is 0 Å². The third-order valence-corrected chi connectivity index (χ3v) is 3.58. The summed E-state index contributed by atoms with van der Waals surface area (Å²) in [7, 11) is 0. The van der Waals surface area contributed by atoms with Crippen molar-refractivity contribution in [1.82, 2.24) is 25.1 Å². The molecule has 0 aliphatic heterocycles. The number of hydrogen-bond acceptors (Lipinski definition) is 4. The van der Waals surface area contributed by atoms with E-state index in [-0.39, 0.29) is 17.5 Å². The van der Waals surface area contributed by atoms with Crippen LogP contribution >= 0.6 is 11.6 Å². The molecule has 1 aromatic carbocycles. The van der Waals surface area contributed by atoms with Crippen LogP contribution in [-0.2, 0) is 17.9 Å². The SMILES string of the molecule is C#C[C@H](NC(=O)Cn1nnn(CC(C)C)c1=O)c1ccc(Cl)c(F)c1. The number of amides is 1. The Morgan fingerprint density at radius 3 is 2.68 bits per heavy atom. The Bertz CT molecular complexity index is 868. The minimum Gasteiger partial charge on any atom is -0.337 e. The number of terminal acetylenes is 1. The molecule has 2 rings (SSSR count). The van der Waals surface area contributed by atoms with E-state index in [1.165, 1.54) is 16.8 Å². The van der Waals surface area contributed by atoms with Gasteiger partial charge in [0.25, 0.3) is 0 Å². The molecular formula is C16H17ClFN5O2. The van der Waals surface area contributed by atoms with Crippen molar-refractivity contribution in [3.63, 3.8) is 0 Å². The molecule has 0 saturated carbocycles. The number of carbonyl (C=O) groups excluding carboxylic acids is 1. The van der Waals surface area contributed by atoms with Crippen molar-refractivity contribution in [2.24, 2.45) is 5.92 Å². The summed E-state index contributed by atoms with van der Waals surface area (Å²) in [4.78, 5) is 24.2. The summed E-state index contributed by atoms with van der Waals surface area (Å²) in [5.74, 6) is 1.39. The predicted molar refractivity (Wildman–Crippen MR) is 90.2 cm³/mol. The molecule has 0 fully saturated rings. The molecule has 0 unspecified atom stereocenters. The first-order valence-corrected chi connectivity index (χ1v) is 7.90. The van der Waals surface area contributed by atoms with Gasteiger partial charge in [0, 0.05) is 0 Å². The first kappa shape index (κ1) is 18.7. The fraction of sp³-hybridized carbons (Fsp3) is 0.375. The molecule has 0 saturated heterocycles. The van der Waals surface area contributed by atoms with Gasteiger partial charge in [0.1, 0.15) is 18.4 Å².